The van der Waals surface area contributed by atoms with Crippen LogP contribution in [0.3, 0.4) is 0 Å². The van der Waals surface area contributed by atoms with Crippen molar-refractivity contribution in [1.29, 1.82) is 0 Å². The van der Waals surface area contributed by atoms with Gasteiger partial charge in [0, 0.05) is 10.4 Å². The Labute approximate surface area is 169 Å². The largest absolute Gasteiger partial charge is 0.467 e. The van der Waals surface area contributed by atoms with Crippen molar-refractivity contribution in [1.82, 2.24) is 10.3 Å². The molecule has 0 fully saturated rings. The van der Waals surface area contributed by atoms with Gasteiger partial charge in [-0.05, 0) is 43.2 Å². The van der Waals surface area contributed by atoms with E-state index >= 15 is 0 Å². The molecule has 2 aromatic heterocycles. The van der Waals surface area contributed by atoms with Crippen LogP contribution < -0.4 is 20.1 Å². The molecule has 3 heterocycles. The Morgan fingerprint density at radius 3 is 2.97 bits per heavy atom. The lowest BCUT2D eigenvalue weighted by Crippen LogP contribution is -2.28. The Bertz CT molecular complexity index is 1080. The Balaban J connectivity index is 1.26. The number of nitrogens with zero attached hydrogens (tertiary/aromatic N) is 1. The molecular formula is C20H17N3O5S. The van der Waals surface area contributed by atoms with Crippen molar-refractivity contribution < 1.29 is 23.5 Å². The molecule has 0 bridgehead atoms. The van der Waals surface area contributed by atoms with E-state index in [-0.39, 0.29) is 24.5 Å². The molecule has 1 aromatic carbocycles. The molecule has 1 atom stereocenters. The summed E-state index contributed by atoms with van der Waals surface area (Å²) in [5, 5.41) is 6.19. The number of hydrogen-bond acceptors (Lipinski definition) is 7. The maximum absolute atomic E-state index is 12.6. The molecule has 1 aliphatic carbocycles. The van der Waals surface area contributed by atoms with E-state index in [1.54, 1.807) is 30.5 Å². The third-order valence-corrected chi connectivity index (χ3v) is 5.95. The van der Waals surface area contributed by atoms with Crippen LogP contribution in [0.25, 0.3) is 0 Å². The molecule has 3 aromatic rings. The van der Waals surface area contributed by atoms with Crippen molar-refractivity contribution in [3.8, 4) is 11.5 Å². The standard InChI is InChI=1S/C20H17N3O5S/c24-18(11-3-5-14-15(8-11)28-10-27-14)23-20-22-17-13(4-6-16(17)29-20)19(25)21-9-12-2-1-7-26-12/h1-3,5,7-8,13H,4,6,9-10H2,(H,21,25)(H,22,23,24). The fraction of sp³-hybridized carbons (Fsp3) is 0.250. The highest BCUT2D eigenvalue weighted by Crippen LogP contribution is 2.39. The van der Waals surface area contributed by atoms with Crippen LogP contribution in [-0.4, -0.2) is 23.6 Å². The molecule has 29 heavy (non-hydrogen) atoms. The van der Waals surface area contributed by atoms with Crippen LogP contribution in [0, 0.1) is 0 Å². The van der Waals surface area contributed by atoms with Crippen LogP contribution >= 0.6 is 11.3 Å². The second-order valence-electron chi connectivity index (χ2n) is 6.74. The average Bonchev–Trinajstić information content (AvgIpc) is 3.49. The molecule has 2 aliphatic rings. The van der Waals surface area contributed by atoms with Crippen molar-refractivity contribution in [3.05, 3.63) is 58.5 Å². The lowest BCUT2D eigenvalue weighted by atomic mass is 10.1. The Morgan fingerprint density at radius 1 is 1.21 bits per heavy atom. The smallest absolute Gasteiger partial charge is 0.257 e. The number of amides is 2. The number of hydrogen-bond donors (Lipinski definition) is 2. The molecular weight excluding hydrogens is 394 g/mol. The molecule has 0 spiro atoms. The zero-order valence-corrected chi connectivity index (χ0v) is 16.1. The van der Waals surface area contributed by atoms with E-state index in [9.17, 15) is 9.59 Å². The summed E-state index contributed by atoms with van der Waals surface area (Å²) in [6, 6.07) is 8.62. The Morgan fingerprint density at radius 2 is 2.10 bits per heavy atom. The van der Waals surface area contributed by atoms with Crippen LogP contribution in [0.1, 0.15) is 39.0 Å². The number of thiazole rings is 1. The average molecular weight is 411 g/mol. The van der Waals surface area contributed by atoms with E-state index in [2.05, 4.69) is 15.6 Å². The molecule has 0 radical (unpaired) electrons. The number of nitrogens with one attached hydrogen (secondary N) is 2. The highest BCUT2D eigenvalue weighted by Gasteiger charge is 2.33. The Kier molecular flexibility index (Phi) is 4.44. The number of anilines is 1. The Hall–Kier alpha value is -3.33. The second-order valence-corrected chi connectivity index (χ2v) is 7.82. The second kappa shape index (κ2) is 7.25. The monoisotopic (exact) mass is 411 g/mol. The van der Waals surface area contributed by atoms with Crippen LogP contribution in [-0.2, 0) is 17.8 Å². The predicted molar refractivity (Wildman–Crippen MR) is 104 cm³/mol. The van der Waals surface area contributed by atoms with Crippen LogP contribution in [0.4, 0.5) is 5.13 Å². The van der Waals surface area contributed by atoms with E-state index in [0.29, 0.717) is 40.9 Å². The molecule has 9 heteroatoms. The molecule has 1 aliphatic heterocycles. The van der Waals surface area contributed by atoms with Crippen molar-refractivity contribution in [2.75, 3.05) is 12.1 Å². The number of carbonyl (C=O) groups is 2. The topological polar surface area (TPSA) is 103 Å². The SMILES string of the molecule is O=C(Nc1nc2c(s1)CCC2C(=O)NCc1ccco1)c1ccc2c(c1)OCO2. The van der Waals surface area contributed by atoms with Gasteiger partial charge in [-0.25, -0.2) is 4.98 Å². The summed E-state index contributed by atoms with van der Waals surface area (Å²) in [4.78, 5) is 30.7. The lowest BCUT2D eigenvalue weighted by molar-refractivity contribution is -0.122. The molecule has 1 unspecified atom stereocenters. The van der Waals surface area contributed by atoms with Gasteiger partial charge in [-0.1, -0.05) is 0 Å². The van der Waals surface area contributed by atoms with Crippen LogP contribution in [0.5, 0.6) is 11.5 Å². The number of aromatic nitrogens is 1. The van der Waals surface area contributed by atoms with Gasteiger partial charge in [0.1, 0.15) is 5.76 Å². The van der Waals surface area contributed by atoms with Gasteiger partial charge in [0.15, 0.2) is 16.6 Å². The molecule has 148 valence electrons. The molecule has 2 N–H and O–H groups in total. The predicted octanol–water partition coefficient (Wildman–Crippen LogP) is 3.06. The zero-order valence-electron chi connectivity index (χ0n) is 15.3. The molecule has 2 amide bonds. The highest BCUT2D eigenvalue weighted by atomic mass is 32.1. The maximum atomic E-state index is 12.6. The van der Waals surface area contributed by atoms with Gasteiger partial charge in [0.2, 0.25) is 12.7 Å². The first-order valence-corrected chi connectivity index (χ1v) is 10.00. The molecule has 8 nitrogen and oxygen atoms in total. The first-order valence-electron chi connectivity index (χ1n) is 9.18. The quantitative estimate of drug-likeness (QED) is 0.669. The van der Waals surface area contributed by atoms with Crippen LogP contribution in [0.2, 0.25) is 0 Å². The number of furan rings is 1. The third-order valence-electron chi connectivity index (χ3n) is 4.91. The molecule has 0 saturated carbocycles. The van der Waals surface area contributed by atoms with Gasteiger partial charge in [0.25, 0.3) is 5.91 Å². The van der Waals surface area contributed by atoms with Crippen molar-refractivity contribution >= 4 is 28.3 Å². The number of benzene rings is 1. The zero-order chi connectivity index (χ0) is 19.8. The molecule has 5 rings (SSSR count). The van der Waals surface area contributed by atoms with Gasteiger partial charge in [-0.3, -0.25) is 14.9 Å². The van der Waals surface area contributed by atoms with E-state index in [1.165, 1.54) is 11.3 Å². The first kappa shape index (κ1) is 17.7. The fourth-order valence-corrected chi connectivity index (χ4v) is 4.49. The number of ether oxygens (including phenoxy) is 2. The summed E-state index contributed by atoms with van der Waals surface area (Å²) in [5.41, 5.74) is 1.20. The summed E-state index contributed by atoms with van der Waals surface area (Å²) in [5.74, 6) is 1.19. The maximum Gasteiger partial charge on any atom is 0.257 e. The number of carbonyl (C=O) groups excluding carboxylic acids is 2. The van der Waals surface area contributed by atoms with Gasteiger partial charge >= 0.3 is 0 Å². The minimum absolute atomic E-state index is 0.0842. The van der Waals surface area contributed by atoms with Crippen molar-refractivity contribution in [2.24, 2.45) is 0 Å². The van der Waals surface area contributed by atoms with Gasteiger partial charge < -0.3 is 19.2 Å². The highest BCUT2D eigenvalue weighted by molar-refractivity contribution is 7.16. The van der Waals surface area contributed by atoms with Crippen LogP contribution in [0.15, 0.2) is 41.0 Å². The van der Waals surface area contributed by atoms with Crippen molar-refractivity contribution in [3.63, 3.8) is 0 Å². The van der Waals surface area contributed by atoms with E-state index < -0.39 is 0 Å². The number of aryl methyl sites for hydroxylation is 1. The lowest BCUT2D eigenvalue weighted by Gasteiger charge is -2.09. The van der Waals surface area contributed by atoms with Gasteiger partial charge in [-0.15, -0.1) is 11.3 Å². The third kappa shape index (κ3) is 3.44. The minimum Gasteiger partial charge on any atom is -0.467 e. The van der Waals surface area contributed by atoms with Gasteiger partial charge in [-0.2, -0.15) is 0 Å². The summed E-state index contributed by atoms with van der Waals surface area (Å²) < 4.78 is 15.8. The minimum atomic E-state index is -0.313. The first-order chi connectivity index (χ1) is 14.2. The normalized spacial score (nSPS) is 16.5. The summed E-state index contributed by atoms with van der Waals surface area (Å²) in [6.45, 7) is 0.499. The van der Waals surface area contributed by atoms with E-state index in [1.807, 2.05) is 6.07 Å². The van der Waals surface area contributed by atoms with E-state index in [4.69, 9.17) is 13.9 Å². The summed E-state index contributed by atoms with van der Waals surface area (Å²) >= 11 is 1.41. The number of rotatable bonds is 5. The number of fused-ring (bicyclic) bond motifs is 2. The summed E-state index contributed by atoms with van der Waals surface area (Å²) in [7, 11) is 0. The fourth-order valence-electron chi connectivity index (χ4n) is 3.45. The molecule has 0 saturated heterocycles. The van der Waals surface area contributed by atoms with Crippen molar-refractivity contribution in [2.45, 2.75) is 25.3 Å². The van der Waals surface area contributed by atoms with Gasteiger partial charge in [0.05, 0.1) is 24.4 Å². The summed E-state index contributed by atoms with van der Waals surface area (Å²) in [6.07, 6.45) is 3.06. The van der Waals surface area contributed by atoms with E-state index in [0.717, 1.165) is 17.0 Å².